The molecule has 0 aromatic heterocycles. The molecule has 1 fully saturated rings. The van der Waals surface area contributed by atoms with E-state index in [4.69, 9.17) is 9.47 Å². The van der Waals surface area contributed by atoms with Gasteiger partial charge in [0.25, 0.3) is 0 Å². The van der Waals surface area contributed by atoms with Crippen LogP contribution in [-0.2, 0) is 14.3 Å². The third-order valence-corrected chi connectivity index (χ3v) is 12.9. The van der Waals surface area contributed by atoms with Crippen LogP contribution in [0.2, 0.25) is 0 Å². The summed E-state index contributed by atoms with van der Waals surface area (Å²) in [6, 6.07) is -0.799. The van der Waals surface area contributed by atoms with Crippen molar-refractivity contribution in [1.82, 2.24) is 5.32 Å². The lowest BCUT2D eigenvalue weighted by atomic mass is 9.99. The molecule has 61 heavy (non-hydrogen) atoms. The summed E-state index contributed by atoms with van der Waals surface area (Å²) in [7, 11) is 0. The van der Waals surface area contributed by atoms with Gasteiger partial charge in [-0.25, -0.2) is 0 Å². The van der Waals surface area contributed by atoms with E-state index in [2.05, 4.69) is 19.2 Å². The Labute approximate surface area is 376 Å². The minimum absolute atomic E-state index is 0.172. The van der Waals surface area contributed by atoms with Gasteiger partial charge in [0.15, 0.2) is 6.29 Å². The minimum Gasteiger partial charge on any atom is -0.394 e. The van der Waals surface area contributed by atoms with Crippen LogP contribution in [-0.4, -0.2) is 87.5 Å². The topological polar surface area (TPSA) is 149 Å². The summed E-state index contributed by atoms with van der Waals surface area (Å²) < 4.78 is 11.2. The van der Waals surface area contributed by atoms with Gasteiger partial charge in [0.1, 0.15) is 24.4 Å². The Morgan fingerprint density at radius 3 is 1.28 bits per heavy atom. The highest BCUT2D eigenvalue weighted by Gasteiger charge is 2.44. The van der Waals surface area contributed by atoms with E-state index < -0.39 is 49.5 Å². The van der Waals surface area contributed by atoms with Gasteiger partial charge in [0.2, 0.25) is 5.91 Å². The van der Waals surface area contributed by atoms with Gasteiger partial charge in [-0.05, 0) is 19.3 Å². The standard InChI is InChI=1S/C52H101NO8/c1-3-5-7-9-11-13-15-17-19-21-22-23-24-25-26-27-29-31-33-35-37-39-41-46(55)45(44-60-52-51(59)50(58)49(57)47(43-54)61-52)53-48(56)42-40-38-36-34-32-30-28-20-18-16-14-12-10-8-6-4-2/h39,41,45-47,49-52,54-55,57-59H,3-38,40,42-44H2,1-2H3,(H,53,56)/b41-39+. The van der Waals surface area contributed by atoms with Crippen molar-refractivity contribution in [3.8, 4) is 0 Å². The summed E-state index contributed by atoms with van der Waals surface area (Å²) in [5.74, 6) is -0.172. The second-order valence-electron chi connectivity index (χ2n) is 18.7. The second-order valence-corrected chi connectivity index (χ2v) is 18.7. The van der Waals surface area contributed by atoms with Crippen LogP contribution in [0.15, 0.2) is 12.2 Å². The van der Waals surface area contributed by atoms with Crippen LogP contribution in [0.4, 0.5) is 0 Å². The lowest BCUT2D eigenvalue weighted by Gasteiger charge is -2.40. The lowest BCUT2D eigenvalue weighted by Crippen LogP contribution is -2.60. The number of amides is 1. The van der Waals surface area contributed by atoms with Crippen LogP contribution in [0, 0.1) is 0 Å². The number of hydrogen-bond donors (Lipinski definition) is 6. The van der Waals surface area contributed by atoms with Crippen LogP contribution in [0.5, 0.6) is 0 Å². The second kappa shape index (κ2) is 42.9. The molecule has 0 bridgehead atoms. The van der Waals surface area contributed by atoms with E-state index in [0.717, 1.165) is 38.5 Å². The molecule has 0 aromatic rings. The molecular weight excluding hydrogens is 767 g/mol. The number of rotatable bonds is 45. The summed E-state index contributed by atoms with van der Waals surface area (Å²) in [5.41, 5.74) is 0. The first-order valence-corrected chi connectivity index (χ1v) is 26.4. The van der Waals surface area contributed by atoms with Crippen LogP contribution in [0.3, 0.4) is 0 Å². The highest BCUT2D eigenvalue weighted by Crippen LogP contribution is 2.23. The number of allylic oxidation sites excluding steroid dienone is 1. The predicted octanol–water partition coefficient (Wildman–Crippen LogP) is 12.1. The quantitative estimate of drug-likeness (QED) is 0.0262. The predicted molar refractivity (Wildman–Crippen MR) is 254 cm³/mol. The number of aliphatic hydroxyl groups excluding tert-OH is 5. The van der Waals surface area contributed by atoms with Gasteiger partial charge in [-0.3, -0.25) is 4.79 Å². The molecule has 6 N–H and O–H groups in total. The van der Waals surface area contributed by atoms with Crippen LogP contribution < -0.4 is 5.32 Å². The molecule has 9 heteroatoms. The number of unbranched alkanes of at least 4 members (excludes halogenated alkanes) is 35. The van der Waals surface area contributed by atoms with Crippen molar-refractivity contribution in [2.45, 2.75) is 301 Å². The van der Waals surface area contributed by atoms with Gasteiger partial charge >= 0.3 is 0 Å². The Kier molecular flexibility index (Phi) is 40.7. The van der Waals surface area contributed by atoms with E-state index in [1.54, 1.807) is 6.08 Å². The zero-order valence-corrected chi connectivity index (χ0v) is 39.9. The number of carbonyl (C=O) groups excluding carboxylic acids is 1. The maximum Gasteiger partial charge on any atom is 0.220 e. The van der Waals surface area contributed by atoms with Gasteiger partial charge in [0.05, 0.1) is 25.4 Å². The third-order valence-electron chi connectivity index (χ3n) is 12.9. The fraction of sp³-hybridized carbons (Fsp3) is 0.942. The maximum absolute atomic E-state index is 13.0. The number of aliphatic hydroxyl groups is 5. The van der Waals surface area contributed by atoms with Crippen molar-refractivity contribution in [3.05, 3.63) is 12.2 Å². The van der Waals surface area contributed by atoms with Crippen LogP contribution >= 0.6 is 0 Å². The number of carbonyl (C=O) groups is 1. The SMILES string of the molecule is CCCCCCCCCCCCCCCCCCCCCC/C=C/C(O)C(COC1OC(CO)C(O)C(O)C1O)NC(=O)CCCCCCCCCCCCCCCCCC. The maximum atomic E-state index is 13.0. The van der Waals surface area contributed by atoms with Gasteiger partial charge in [-0.1, -0.05) is 244 Å². The average molecular weight is 868 g/mol. The Hall–Kier alpha value is -1.07. The Bertz CT molecular complexity index is 966. The molecule has 0 spiro atoms. The molecule has 1 aliphatic rings. The molecule has 1 amide bonds. The first-order chi connectivity index (χ1) is 29.8. The molecule has 362 valence electrons. The minimum atomic E-state index is -1.56. The largest absolute Gasteiger partial charge is 0.394 e. The highest BCUT2D eigenvalue weighted by molar-refractivity contribution is 5.76. The van der Waals surface area contributed by atoms with Crippen molar-refractivity contribution < 1.29 is 39.8 Å². The van der Waals surface area contributed by atoms with Gasteiger partial charge in [-0.15, -0.1) is 0 Å². The molecule has 7 atom stereocenters. The summed E-state index contributed by atoms with van der Waals surface area (Å²) >= 11 is 0. The highest BCUT2D eigenvalue weighted by atomic mass is 16.7. The molecule has 7 unspecified atom stereocenters. The summed E-state index contributed by atoms with van der Waals surface area (Å²) in [5, 5.41) is 54.4. The first kappa shape index (κ1) is 57.9. The zero-order chi connectivity index (χ0) is 44.4. The molecule has 1 rings (SSSR count). The molecule has 1 heterocycles. The van der Waals surface area contributed by atoms with Gasteiger partial charge in [0, 0.05) is 6.42 Å². The van der Waals surface area contributed by atoms with E-state index in [1.165, 1.54) is 199 Å². The number of nitrogens with one attached hydrogen (secondary N) is 1. The van der Waals surface area contributed by atoms with Crippen molar-refractivity contribution in [3.63, 3.8) is 0 Å². The summed E-state index contributed by atoms with van der Waals surface area (Å²) in [6.45, 7) is 3.81. The molecule has 9 nitrogen and oxygen atoms in total. The van der Waals surface area contributed by atoms with Crippen molar-refractivity contribution in [2.75, 3.05) is 13.2 Å². The van der Waals surface area contributed by atoms with Crippen molar-refractivity contribution in [1.29, 1.82) is 0 Å². The molecule has 0 aliphatic carbocycles. The van der Waals surface area contributed by atoms with Crippen LogP contribution in [0.1, 0.15) is 258 Å². The molecule has 0 radical (unpaired) electrons. The molecule has 0 saturated carbocycles. The number of hydrogen-bond acceptors (Lipinski definition) is 8. The smallest absolute Gasteiger partial charge is 0.220 e. The number of ether oxygens (including phenoxy) is 2. The van der Waals surface area contributed by atoms with Crippen LogP contribution in [0.25, 0.3) is 0 Å². The first-order valence-electron chi connectivity index (χ1n) is 26.4. The molecule has 1 saturated heterocycles. The Morgan fingerprint density at radius 1 is 0.541 bits per heavy atom. The molecule has 1 aliphatic heterocycles. The van der Waals surface area contributed by atoms with E-state index >= 15 is 0 Å². The Balaban J connectivity index is 2.27. The lowest BCUT2D eigenvalue weighted by molar-refractivity contribution is -0.302. The molecular formula is C52H101NO8. The van der Waals surface area contributed by atoms with Crippen molar-refractivity contribution >= 4 is 5.91 Å². The van der Waals surface area contributed by atoms with E-state index in [9.17, 15) is 30.3 Å². The van der Waals surface area contributed by atoms with E-state index in [1.807, 2.05) is 6.08 Å². The van der Waals surface area contributed by atoms with E-state index in [0.29, 0.717) is 6.42 Å². The monoisotopic (exact) mass is 868 g/mol. The average Bonchev–Trinajstić information content (AvgIpc) is 3.26. The summed E-state index contributed by atoms with van der Waals surface area (Å²) in [6.07, 6.45) is 44.0. The molecule has 0 aromatic carbocycles. The fourth-order valence-electron chi connectivity index (χ4n) is 8.63. The summed E-state index contributed by atoms with van der Waals surface area (Å²) in [4.78, 5) is 13.0. The Morgan fingerprint density at radius 2 is 0.902 bits per heavy atom. The third kappa shape index (κ3) is 33.1. The van der Waals surface area contributed by atoms with Gasteiger partial charge < -0.3 is 40.3 Å². The van der Waals surface area contributed by atoms with Gasteiger partial charge in [-0.2, -0.15) is 0 Å². The fourth-order valence-corrected chi connectivity index (χ4v) is 8.63. The zero-order valence-electron chi connectivity index (χ0n) is 39.9. The van der Waals surface area contributed by atoms with Crippen molar-refractivity contribution in [2.24, 2.45) is 0 Å². The normalized spacial score (nSPS) is 20.4. The van der Waals surface area contributed by atoms with E-state index in [-0.39, 0.29) is 12.5 Å².